The van der Waals surface area contributed by atoms with Crippen LogP contribution in [0.25, 0.3) is 0 Å². The van der Waals surface area contributed by atoms with Gasteiger partial charge in [0.1, 0.15) is 23.0 Å². The van der Waals surface area contributed by atoms with Gasteiger partial charge in [-0.15, -0.1) is 0 Å². The zero-order chi connectivity index (χ0) is 27.2. The van der Waals surface area contributed by atoms with Crippen LogP contribution in [0, 0.1) is 13.8 Å². The average molecular weight is 557 g/mol. The normalized spacial score (nSPS) is 12.9. The summed E-state index contributed by atoms with van der Waals surface area (Å²) < 4.78 is 72.5. The summed E-state index contributed by atoms with van der Waals surface area (Å²) >= 11 is 0. The first kappa shape index (κ1) is 25.4. The lowest BCUT2D eigenvalue weighted by molar-refractivity contribution is 0.403. The standard InChI is InChI=1S/C24H20N4O8S2/c1-13-5-15-9-16(6-13)34-20-12-22(28-24(26-20)38(4,31)32)36-18-8-14(2)7-17(10-18)35-21-11-19(33-15)25-23(27-21)37(3,29)30/h5-12H,1-4H3. The van der Waals surface area contributed by atoms with Crippen LogP contribution in [0.2, 0.25) is 0 Å². The molecule has 0 fully saturated rings. The van der Waals surface area contributed by atoms with E-state index in [1.807, 2.05) is 0 Å². The van der Waals surface area contributed by atoms with E-state index in [0.29, 0.717) is 11.1 Å². The van der Waals surface area contributed by atoms with Gasteiger partial charge >= 0.3 is 0 Å². The molecule has 0 saturated heterocycles. The molecule has 2 aromatic heterocycles. The van der Waals surface area contributed by atoms with E-state index in [-0.39, 0.29) is 46.5 Å². The first-order valence-electron chi connectivity index (χ1n) is 10.9. The summed E-state index contributed by atoms with van der Waals surface area (Å²) in [6, 6.07) is 12.4. The van der Waals surface area contributed by atoms with Crippen molar-refractivity contribution in [2.24, 2.45) is 0 Å². The third kappa shape index (κ3) is 5.81. The number of hydrogen-bond donors (Lipinski definition) is 0. The van der Waals surface area contributed by atoms with E-state index in [2.05, 4.69) is 19.9 Å². The number of nitrogens with zero attached hydrogens (tertiary/aromatic N) is 4. The lowest BCUT2D eigenvalue weighted by Crippen LogP contribution is -2.07. The first-order valence-corrected chi connectivity index (χ1v) is 14.7. The van der Waals surface area contributed by atoms with Gasteiger partial charge in [0, 0.05) is 24.6 Å². The summed E-state index contributed by atoms with van der Waals surface area (Å²) in [7, 11) is -7.63. The van der Waals surface area contributed by atoms with E-state index in [1.165, 1.54) is 24.3 Å². The molecular formula is C24H20N4O8S2. The van der Waals surface area contributed by atoms with Crippen molar-refractivity contribution in [2.45, 2.75) is 24.2 Å². The predicted molar refractivity (Wildman–Crippen MR) is 133 cm³/mol. The minimum atomic E-state index is -3.82. The zero-order valence-corrected chi connectivity index (χ0v) is 22.1. The van der Waals surface area contributed by atoms with Crippen molar-refractivity contribution in [3.05, 3.63) is 59.7 Å². The monoisotopic (exact) mass is 556 g/mol. The number of fused-ring (bicyclic) bond motifs is 8. The lowest BCUT2D eigenvalue weighted by atomic mass is 10.2. The van der Waals surface area contributed by atoms with Crippen LogP contribution < -0.4 is 18.9 Å². The number of benzene rings is 2. The number of aromatic nitrogens is 4. The maximum Gasteiger partial charge on any atom is 0.253 e. The minimum absolute atomic E-state index is 0.0909. The fourth-order valence-corrected chi connectivity index (χ4v) is 4.48. The van der Waals surface area contributed by atoms with Crippen molar-refractivity contribution in [1.82, 2.24) is 19.9 Å². The van der Waals surface area contributed by atoms with E-state index in [4.69, 9.17) is 18.9 Å². The molecule has 12 nitrogen and oxygen atoms in total. The van der Waals surface area contributed by atoms with Gasteiger partial charge in [-0.25, -0.2) is 16.8 Å². The Morgan fingerprint density at radius 1 is 0.474 bits per heavy atom. The minimum Gasteiger partial charge on any atom is -0.439 e. The summed E-state index contributed by atoms with van der Waals surface area (Å²) in [4.78, 5) is 16.1. The molecule has 3 heterocycles. The number of hydrogen-bond acceptors (Lipinski definition) is 12. The lowest BCUT2D eigenvalue weighted by Gasteiger charge is -2.14. The molecule has 0 radical (unpaired) electrons. The molecule has 0 atom stereocenters. The quantitative estimate of drug-likeness (QED) is 0.286. The van der Waals surface area contributed by atoms with Gasteiger partial charge in [0.05, 0.1) is 12.1 Å². The largest absolute Gasteiger partial charge is 0.439 e. The second-order valence-corrected chi connectivity index (χ2v) is 12.4. The van der Waals surface area contributed by atoms with Gasteiger partial charge in [0.25, 0.3) is 10.3 Å². The van der Waals surface area contributed by atoms with Crippen LogP contribution in [0.15, 0.2) is 58.8 Å². The Morgan fingerprint density at radius 3 is 0.974 bits per heavy atom. The van der Waals surface area contributed by atoms with Gasteiger partial charge in [-0.1, -0.05) is 0 Å². The summed E-state index contributed by atoms with van der Waals surface area (Å²) in [5.74, 6) is 0.647. The fourth-order valence-electron chi connectivity index (χ4n) is 3.45. The number of sulfone groups is 2. The Balaban J connectivity index is 1.72. The van der Waals surface area contributed by atoms with Crippen molar-refractivity contribution >= 4 is 19.7 Å². The Morgan fingerprint density at radius 2 is 0.737 bits per heavy atom. The van der Waals surface area contributed by atoms with Crippen LogP contribution >= 0.6 is 0 Å². The molecule has 0 amide bonds. The second kappa shape index (κ2) is 9.22. The molecule has 5 rings (SSSR count). The first-order chi connectivity index (χ1) is 17.8. The van der Waals surface area contributed by atoms with Crippen LogP contribution in [-0.4, -0.2) is 49.3 Å². The molecule has 38 heavy (non-hydrogen) atoms. The van der Waals surface area contributed by atoms with Crippen LogP contribution in [0.1, 0.15) is 11.1 Å². The smallest absolute Gasteiger partial charge is 0.253 e. The van der Waals surface area contributed by atoms with E-state index in [9.17, 15) is 16.8 Å². The van der Waals surface area contributed by atoms with Crippen molar-refractivity contribution in [3.63, 3.8) is 0 Å². The van der Waals surface area contributed by atoms with Gasteiger partial charge in [-0.3, -0.25) is 0 Å². The molecular weight excluding hydrogens is 536 g/mol. The molecule has 2 aromatic carbocycles. The second-order valence-electron chi connectivity index (χ2n) is 8.57. The fraction of sp³-hybridized carbons (Fsp3) is 0.167. The summed E-state index contributed by atoms with van der Waals surface area (Å²) in [6.07, 6.45) is 1.94. The molecule has 1 aliphatic heterocycles. The van der Waals surface area contributed by atoms with Crippen LogP contribution in [0.3, 0.4) is 0 Å². The molecule has 8 bridgehead atoms. The third-order valence-corrected chi connectivity index (χ3v) is 6.61. The van der Waals surface area contributed by atoms with Crippen LogP contribution in [0.5, 0.6) is 46.5 Å². The van der Waals surface area contributed by atoms with E-state index < -0.39 is 30.0 Å². The Bertz CT molecular complexity index is 1590. The van der Waals surface area contributed by atoms with Crippen molar-refractivity contribution in [1.29, 1.82) is 0 Å². The Kier molecular flexibility index (Phi) is 6.15. The average Bonchev–Trinajstić information content (AvgIpc) is 2.76. The van der Waals surface area contributed by atoms with Gasteiger partial charge in [0.15, 0.2) is 0 Å². The molecule has 4 aromatic rings. The van der Waals surface area contributed by atoms with Gasteiger partial charge < -0.3 is 18.9 Å². The van der Waals surface area contributed by atoms with Gasteiger partial charge in [-0.2, -0.15) is 19.9 Å². The highest BCUT2D eigenvalue weighted by Gasteiger charge is 2.20. The number of ether oxygens (including phenoxy) is 4. The van der Waals surface area contributed by atoms with E-state index >= 15 is 0 Å². The van der Waals surface area contributed by atoms with Crippen LogP contribution in [0.4, 0.5) is 0 Å². The predicted octanol–water partition coefficient (Wildman–Crippen LogP) is 4.17. The van der Waals surface area contributed by atoms with Crippen LogP contribution in [-0.2, 0) is 19.7 Å². The summed E-state index contributed by atoms with van der Waals surface area (Å²) in [5, 5.41) is -0.980. The topological polar surface area (TPSA) is 157 Å². The Labute approximate surface area is 218 Å². The molecule has 1 aliphatic rings. The number of rotatable bonds is 2. The highest BCUT2D eigenvalue weighted by molar-refractivity contribution is 7.90. The summed E-state index contributed by atoms with van der Waals surface area (Å²) in [5.41, 5.74) is 1.43. The highest BCUT2D eigenvalue weighted by Crippen LogP contribution is 2.35. The molecule has 0 saturated carbocycles. The molecule has 0 unspecified atom stereocenters. The maximum atomic E-state index is 12.3. The number of aryl methyl sites for hydroxylation is 2. The molecule has 0 aliphatic carbocycles. The van der Waals surface area contributed by atoms with Gasteiger partial charge in [0.2, 0.25) is 43.2 Å². The van der Waals surface area contributed by atoms with E-state index in [1.54, 1.807) is 38.1 Å². The van der Waals surface area contributed by atoms with E-state index in [0.717, 1.165) is 12.5 Å². The van der Waals surface area contributed by atoms with Crippen molar-refractivity contribution in [3.8, 4) is 46.5 Å². The summed E-state index contributed by atoms with van der Waals surface area (Å²) in [6.45, 7) is 3.56. The molecule has 14 heteroatoms. The third-order valence-electron chi connectivity index (χ3n) is 4.92. The maximum absolute atomic E-state index is 12.3. The molecule has 0 N–H and O–H groups in total. The zero-order valence-electron chi connectivity index (χ0n) is 20.5. The Hall–Kier alpha value is -4.30. The molecule has 0 spiro atoms. The molecule has 196 valence electrons. The SMILES string of the molecule is Cc1cc2cc(c1)Oc1cc(nc(S(C)(=O)=O)n1)Oc1cc(C)cc(c1)Oc1cc(nc(S(C)(=O)=O)n1)O2. The van der Waals surface area contributed by atoms with Crippen molar-refractivity contribution in [2.75, 3.05) is 12.5 Å². The highest BCUT2D eigenvalue weighted by atomic mass is 32.2. The van der Waals surface area contributed by atoms with Crippen molar-refractivity contribution < 1.29 is 35.8 Å². The van der Waals surface area contributed by atoms with Gasteiger partial charge in [-0.05, 0) is 49.2 Å².